The molecule has 0 heterocycles. The number of carboxylic acids is 1. The third kappa shape index (κ3) is 3.47. The molecule has 3 rings (SSSR count). The van der Waals surface area contributed by atoms with Crippen LogP contribution in [0.3, 0.4) is 0 Å². The zero-order valence-corrected chi connectivity index (χ0v) is 13.7. The highest BCUT2D eigenvalue weighted by atomic mass is 16.4. The molecule has 0 amide bonds. The Kier molecular flexibility index (Phi) is 4.96. The SMILES string of the molecule is O=C(O)C[C@@H](c1ccccc1)C(O)(c1ccccc1)c1ccccc1. The zero-order chi connectivity index (χ0) is 17.7. The van der Waals surface area contributed by atoms with Crippen LogP contribution >= 0.6 is 0 Å². The van der Waals surface area contributed by atoms with Crippen molar-refractivity contribution in [2.24, 2.45) is 0 Å². The van der Waals surface area contributed by atoms with Gasteiger partial charge < -0.3 is 10.2 Å². The summed E-state index contributed by atoms with van der Waals surface area (Å²) in [5, 5.41) is 21.3. The molecule has 0 fully saturated rings. The fourth-order valence-corrected chi connectivity index (χ4v) is 3.32. The molecule has 25 heavy (non-hydrogen) atoms. The summed E-state index contributed by atoms with van der Waals surface area (Å²) in [5.41, 5.74) is 0.704. The van der Waals surface area contributed by atoms with Crippen LogP contribution in [0.15, 0.2) is 91.0 Å². The van der Waals surface area contributed by atoms with Gasteiger partial charge in [-0.2, -0.15) is 0 Å². The lowest BCUT2D eigenvalue weighted by atomic mass is 9.71. The summed E-state index contributed by atoms with van der Waals surface area (Å²) < 4.78 is 0. The number of benzene rings is 3. The first-order valence-electron chi connectivity index (χ1n) is 8.22. The van der Waals surface area contributed by atoms with Gasteiger partial charge in [0.1, 0.15) is 5.60 Å². The molecular weight excluding hydrogens is 312 g/mol. The number of carboxylic acid groups (broad SMARTS) is 1. The van der Waals surface area contributed by atoms with Crippen LogP contribution in [0.4, 0.5) is 0 Å². The van der Waals surface area contributed by atoms with Crippen molar-refractivity contribution < 1.29 is 15.0 Å². The zero-order valence-electron chi connectivity index (χ0n) is 13.7. The monoisotopic (exact) mass is 332 g/mol. The van der Waals surface area contributed by atoms with Crippen molar-refractivity contribution in [3.05, 3.63) is 108 Å². The van der Waals surface area contributed by atoms with Crippen LogP contribution in [0.5, 0.6) is 0 Å². The molecule has 0 saturated carbocycles. The molecule has 0 aliphatic heterocycles. The van der Waals surface area contributed by atoms with Gasteiger partial charge >= 0.3 is 5.97 Å². The van der Waals surface area contributed by atoms with Gasteiger partial charge in [-0.1, -0.05) is 91.0 Å². The van der Waals surface area contributed by atoms with Gasteiger partial charge in [-0.15, -0.1) is 0 Å². The molecule has 2 N–H and O–H groups in total. The van der Waals surface area contributed by atoms with Gasteiger partial charge in [0, 0.05) is 5.92 Å². The number of aliphatic hydroxyl groups is 1. The van der Waals surface area contributed by atoms with Gasteiger partial charge in [0.15, 0.2) is 0 Å². The molecule has 0 spiro atoms. The molecule has 3 aromatic carbocycles. The van der Waals surface area contributed by atoms with Crippen molar-refractivity contribution >= 4 is 5.97 Å². The smallest absolute Gasteiger partial charge is 0.304 e. The first-order chi connectivity index (χ1) is 12.1. The molecule has 1 atom stereocenters. The van der Waals surface area contributed by atoms with Gasteiger partial charge in [0.05, 0.1) is 6.42 Å². The summed E-state index contributed by atoms with van der Waals surface area (Å²) in [5.74, 6) is -1.56. The van der Waals surface area contributed by atoms with Gasteiger partial charge in [-0.3, -0.25) is 4.79 Å². The van der Waals surface area contributed by atoms with Crippen molar-refractivity contribution in [2.75, 3.05) is 0 Å². The second-order valence-corrected chi connectivity index (χ2v) is 6.06. The topological polar surface area (TPSA) is 57.5 Å². The molecule has 0 radical (unpaired) electrons. The van der Waals surface area contributed by atoms with Crippen molar-refractivity contribution in [1.29, 1.82) is 0 Å². The minimum Gasteiger partial charge on any atom is -0.481 e. The van der Waals surface area contributed by atoms with E-state index in [-0.39, 0.29) is 6.42 Å². The third-order valence-electron chi connectivity index (χ3n) is 4.51. The van der Waals surface area contributed by atoms with Gasteiger partial charge in [0.2, 0.25) is 0 Å². The van der Waals surface area contributed by atoms with E-state index in [0.29, 0.717) is 11.1 Å². The quantitative estimate of drug-likeness (QED) is 0.712. The Hall–Kier alpha value is -2.91. The summed E-state index contributed by atoms with van der Waals surface area (Å²) in [7, 11) is 0. The largest absolute Gasteiger partial charge is 0.481 e. The van der Waals surface area contributed by atoms with E-state index in [1.54, 1.807) is 0 Å². The van der Waals surface area contributed by atoms with Crippen LogP contribution in [0, 0.1) is 0 Å². The average Bonchev–Trinajstić information content (AvgIpc) is 2.67. The molecule has 0 aliphatic rings. The number of aliphatic carboxylic acids is 1. The maximum absolute atomic E-state index is 11.9. The summed E-state index contributed by atoms with van der Waals surface area (Å²) in [6.45, 7) is 0. The minimum atomic E-state index is -1.44. The van der Waals surface area contributed by atoms with E-state index in [9.17, 15) is 15.0 Å². The maximum atomic E-state index is 11.9. The second kappa shape index (κ2) is 7.32. The predicted octanol–water partition coefficient (Wildman–Crippen LogP) is 4.18. The molecule has 126 valence electrons. The van der Waals surface area contributed by atoms with E-state index in [1.807, 2.05) is 91.0 Å². The number of rotatable bonds is 6. The van der Waals surface area contributed by atoms with Crippen LogP contribution in [0.1, 0.15) is 29.0 Å². The molecular formula is C22H20O3. The summed E-state index contributed by atoms with van der Waals surface area (Å²) in [6.07, 6.45) is -0.176. The normalized spacial score (nSPS) is 12.5. The summed E-state index contributed by atoms with van der Waals surface area (Å²) in [6, 6.07) is 27.9. The lowest BCUT2D eigenvalue weighted by Crippen LogP contribution is -2.36. The van der Waals surface area contributed by atoms with Crippen LogP contribution < -0.4 is 0 Å². The maximum Gasteiger partial charge on any atom is 0.304 e. The van der Waals surface area contributed by atoms with Gasteiger partial charge in [-0.05, 0) is 16.7 Å². The first kappa shape index (κ1) is 16.9. The van der Waals surface area contributed by atoms with Crippen molar-refractivity contribution in [1.82, 2.24) is 0 Å². The molecule has 3 nitrogen and oxygen atoms in total. The van der Waals surface area contributed by atoms with E-state index < -0.39 is 17.5 Å². The Bertz CT molecular complexity index is 774. The molecule has 0 aliphatic carbocycles. The highest BCUT2D eigenvalue weighted by molar-refractivity contribution is 5.69. The van der Waals surface area contributed by atoms with Crippen molar-refractivity contribution in [2.45, 2.75) is 17.9 Å². The predicted molar refractivity (Wildman–Crippen MR) is 97.3 cm³/mol. The number of carbonyl (C=O) groups is 1. The van der Waals surface area contributed by atoms with Crippen molar-refractivity contribution in [3.63, 3.8) is 0 Å². The van der Waals surface area contributed by atoms with Crippen LogP contribution in [0.2, 0.25) is 0 Å². The highest BCUT2D eigenvalue weighted by Crippen LogP contribution is 2.44. The van der Waals surface area contributed by atoms with E-state index in [4.69, 9.17) is 0 Å². The molecule has 3 aromatic rings. The second-order valence-electron chi connectivity index (χ2n) is 6.06. The molecule has 0 aromatic heterocycles. The minimum absolute atomic E-state index is 0.176. The Labute approximate surface area is 147 Å². The van der Waals surface area contributed by atoms with Crippen LogP contribution in [-0.4, -0.2) is 16.2 Å². The van der Waals surface area contributed by atoms with Gasteiger partial charge in [0.25, 0.3) is 0 Å². The first-order valence-corrected chi connectivity index (χ1v) is 8.22. The number of hydrogen-bond donors (Lipinski definition) is 2. The van der Waals surface area contributed by atoms with E-state index >= 15 is 0 Å². The standard InChI is InChI=1S/C22H20O3/c23-21(24)16-20(17-10-4-1-5-11-17)22(25,18-12-6-2-7-13-18)19-14-8-3-9-15-19/h1-15,20,25H,16H2,(H,23,24)/t20-/m0/s1. The fourth-order valence-electron chi connectivity index (χ4n) is 3.32. The Morgan fingerprint density at radius 2 is 1.16 bits per heavy atom. The fraction of sp³-hybridized carbons (Fsp3) is 0.136. The van der Waals surface area contributed by atoms with Gasteiger partial charge in [-0.25, -0.2) is 0 Å². The summed E-state index contributed by atoms with van der Waals surface area (Å²) >= 11 is 0. The van der Waals surface area contributed by atoms with E-state index in [2.05, 4.69) is 0 Å². The highest BCUT2D eigenvalue weighted by Gasteiger charge is 2.42. The Morgan fingerprint density at radius 3 is 1.56 bits per heavy atom. The Balaban J connectivity index is 2.22. The molecule has 3 heteroatoms. The molecule has 0 unspecified atom stereocenters. The molecule has 0 bridgehead atoms. The summed E-state index contributed by atoms with van der Waals surface area (Å²) in [4.78, 5) is 11.6. The Morgan fingerprint density at radius 1 is 0.760 bits per heavy atom. The lowest BCUT2D eigenvalue weighted by Gasteiger charge is -2.37. The van der Waals surface area contributed by atoms with Crippen LogP contribution in [0.25, 0.3) is 0 Å². The number of hydrogen-bond acceptors (Lipinski definition) is 2. The van der Waals surface area contributed by atoms with E-state index in [1.165, 1.54) is 0 Å². The lowest BCUT2D eigenvalue weighted by molar-refractivity contribution is -0.139. The third-order valence-corrected chi connectivity index (χ3v) is 4.51. The van der Waals surface area contributed by atoms with Crippen LogP contribution in [-0.2, 0) is 10.4 Å². The average molecular weight is 332 g/mol. The molecule has 0 saturated heterocycles. The van der Waals surface area contributed by atoms with E-state index in [0.717, 1.165) is 5.56 Å². The van der Waals surface area contributed by atoms with Crippen molar-refractivity contribution in [3.8, 4) is 0 Å².